The van der Waals surface area contributed by atoms with Gasteiger partial charge in [0.25, 0.3) is 0 Å². The van der Waals surface area contributed by atoms with Crippen molar-refractivity contribution in [2.75, 3.05) is 0 Å². The van der Waals surface area contributed by atoms with Crippen LogP contribution in [0.2, 0.25) is 0 Å². The van der Waals surface area contributed by atoms with Crippen molar-refractivity contribution in [3.8, 4) is 0 Å². The van der Waals surface area contributed by atoms with Gasteiger partial charge in [0.15, 0.2) is 5.66 Å². The molecule has 0 aromatic rings. The molecule has 0 aromatic heterocycles. The maximum Gasteiger partial charge on any atom is 0.511 e. The molecule has 0 saturated heterocycles. The summed E-state index contributed by atoms with van der Waals surface area (Å²) in [5.41, 5.74) is 0.0879. The SMILES string of the molecule is C=CCC(C)[P+](=O)OC(C)C. The summed E-state index contributed by atoms with van der Waals surface area (Å²) in [7, 11) is -1.51. The highest BCUT2D eigenvalue weighted by Crippen LogP contribution is 2.32. The molecule has 0 aromatic carbocycles. The van der Waals surface area contributed by atoms with E-state index in [2.05, 4.69) is 6.58 Å². The van der Waals surface area contributed by atoms with Gasteiger partial charge in [-0.1, -0.05) is 6.08 Å². The number of allylic oxidation sites excluding steroid dienone is 1. The molecule has 0 aliphatic heterocycles. The van der Waals surface area contributed by atoms with E-state index in [0.717, 1.165) is 6.42 Å². The molecule has 0 radical (unpaired) electrons. The molecule has 3 heteroatoms. The second-order valence-electron chi connectivity index (χ2n) is 2.81. The minimum atomic E-state index is -1.51. The first-order valence-corrected chi connectivity index (χ1v) is 5.06. The van der Waals surface area contributed by atoms with Gasteiger partial charge >= 0.3 is 8.03 Å². The summed E-state index contributed by atoms with van der Waals surface area (Å²) in [5.74, 6) is 0. The van der Waals surface area contributed by atoms with Crippen molar-refractivity contribution in [3.05, 3.63) is 12.7 Å². The van der Waals surface area contributed by atoms with Crippen molar-refractivity contribution in [3.63, 3.8) is 0 Å². The molecule has 0 saturated carbocycles. The molecule has 0 rings (SSSR count). The van der Waals surface area contributed by atoms with Gasteiger partial charge in [-0.3, -0.25) is 0 Å². The van der Waals surface area contributed by atoms with E-state index in [9.17, 15) is 4.57 Å². The third kappa shape index (κ3) is 5.11. The Morgan fingerprint density at radius 2 is 2.09 bits per heavy atom. The van der Waals surface area contributed by atoms with E-state index in [1.807, 2.05) is 20.8 Å². The van der Waals surface area contributed by atoms with Crippen LogP contribution in [0.4, 0.5) is 0 Å². The molecule has 2 nitrogen and oxygen atoms in total. The van der Waals surface area contributed by atoms with Crippen LogP contribution >= 0.6 is 8.03 Å². The summed E-state index contributed by atoms with van der Waals surface area (Å²) in [6, 6.07) is 0. The molecule has 0 aliphatic rings. The smallest absolute Gasteiger partial charge is 0.143 e. The van der Waals surface area contributed by atoms with Gasteiger partial charge in [0, 0.05) is 6.42 Å². The zero-order valence-electron chi connectivity index (χ0n) is 7.41. The van der Waals surface area contributed by atoms with Crippen molar-refractivity contribution in [2.45, 2.75) is 39.0 Å². The molecule has 0 N–H and O–H groups in total. The molecule has 64 valence electrons. The van der Waals surface area contributed by atoms with Crippen LogP contribution in [-0.2, 0) is 9.09 Å². The largest absolute Gasteiger partial charge is 0.511 e. The highest BCUT2D eigenvalue weighted by Gasteiger charge is 2.27. The zero-order chi connectivity index (χ0) is 8.85. The third-order valence-corrected chi connectivity index (χ3v) is 2.74. The second-order valence-corrected chi connectivity index (χ2v) is 4.48. The van der Waals surface area contributed by atoms with Crippen LogP contribution in [0.15, 0.2) is 12.7 Å². The van der Waals surface area contributed by atoms with E-state index in [1.54, 1.807) is 6.08 Å². The summed E-state index contributed by atoms with van der Waals surface area (Å²) in [5, 5.41) is 0. The standard InChI is InChI=1S/C8H16O2P/c1-5-6-8(4)11(9)10-7(2)3/h5,7-8H,1,6H2,2-4H3/q+1. The van der Waals surface area contributed by atoms with Crippen molar-refractivity contribution in [1.82, 2.24) is 0 Å². The van der Waals surface area contributed by atoms with Gasteiger partial charge in [-0.25, -0.2) is 0 Å². The minimum absolute atomic E-state index is 0.0471. The molecule has 2 unspecified atom stereocenters. The maximum absolute atomic E-state index is 11.2. The van der Waals surface area contributed by atoms with Crippen LogP contribution < -0.4 is 0 Å². The predicted octanol–water partition coefficient (Wildman–Crippen LogP) is 3.12. The second kappa shape index (κ2) is 5.45. The van der Waals surface area contributed by atoms with Crippen molar-refractivity contribution >= 4 is 8.03 Å². The van der Waals surface area contributed by atoms with Crippen LogP contribution in [0.3, 0.4) is 0 Å². The molecule has 0 aliphatic carbocycles. The Labute approximate surface area is 69.5 Å². The highest BCUT2D eigenvalue weighted by molar-refractivity contribution is 7.40. The first-order chi connectivity index (χ1) is 5.07. The summed E-state index contributed by atoms with van der Waals surface area (Å²) in [6.07, 6.45) is 2.56. The van der Waals surface area contributed by atoms with Crippen LogP contribution in [0.1, 0.15) is 27.2 Å². The number of hydrogen-bond donors (Lipinski definition) is 0. The van der Waals surface area contributed by atoms with Crippen LogP contribution in [0.5, 0.6) is 0 Å². The van der Waals surface area contributed by atoms with Crippen molar-refractivity contribution in [2.24, 2.45) is 0 Å². The van der Waals surface area contributed by atoms with E-state index >= 15 is 0 Å². The van der Waals surface area contributed by atoms with Crippen LogP contribution in [0, 0.1) is 0 Å². The van der Waals surface area contributed by atoms with Gasteiger partial charge < -0.3 is 0 Å². The predicted molar refractivity (Wildman–Crippen MR) is 48.1 cm³/mol. The Hall–Kier alpha value is -0.200. The van der Waals surface area contributed by atoms with Gasteiger partial charge in [0.1, 0.15) is 6.10 Å². The Morgan fingerprint density at radius 3 is 2.45 bits per heavy atom. The molecule has 11 heavy (non-hydrogen) atoms. The van der Waals surface area contributed by atoms with E-state index in [1.165, 1.54) is 0 Å². The maximum atomic E-state index is 11.2. The number of hydrogen-bond acceptors (Lipinski definition) is 2. The normalized spacial score (nSPS) is 14.7. The lowest BCUT2D eigenvalue weighted by molar-refractivity contribution is 0.252. The third-order valence-electron chi connectivity index (χ3n) is 1.18. The Kier molecular flexibility index (Phi) is 5.35. The van der Waals surface area contributed by atoms with Gasteiger partial charge in [0.2, 0.25) is 0 Å². The average Bonchev–Trinajstić information content (AvgIpc) is 1.86. The first kappa shape index (κ1) is 10.8. The van der Waals surface area contributed by atoms with Gasteiger partial charge in [0.05, 0.1) is 0 Å². The summed E-state index contributed by atoms with van der Waals surface area (Å²) in [6.45, 7) is 9.25. The Morgan fingerprint density at radius 1 is 1.55 bits per heavy atom. The summed E-state index contributed by atoms with van der Waals surface area (Å²) in [4.78, 5) is 0. The summed E-state index contributed by atoms with van der Waals surface area (Å²) < 4.78 is 16.3. The number of rotatable bonds is 5. The monoisotopic (exact) mass is 175 g/mol. The Bertz CT molecular complexity index is 143. The minimum Gasteiger partial charge on any atom is -0.143 e. The lowest BCUT2D eigenvalue weighted by Crippen LogP contribution is -2.01. The Balaban J connectivity index is 3.72. The van der Waals surface area contributed by atoms with Crippen molar-refractivity contribution < 1.29 is 9.09 Å². The lowest BCUT2D eigenvalue weighted by atomic mass is 10.3. The zero-order valence-corrected chi connectivity index (χ0v) is 8.30. The summed E-state index contributed by atoms with van der Waals surface area (Å²) >= 11 is 0. The highest BCUT2D eigenvalue weighted by atomic mass is 31.1. The van der Waals surface area contributed by atoms with E-state index in [-0.39, 0.29) is 11.8 Å². The van der Waals surface area contributed by atoms with E-state index < -0.39 is 8.03 Å². The molecule has 0 bridgehead atoms. The fraction of sp³-hybridized carbons (Fsp3) is 0.750. The molecule has 2 atom stereocenters. The fourth-order valence-corrected chi connectivity index (χ4v) is 1.58. The van der Waals surface area contributed by atoms with E-state index in [4.69, 9.17) is 4.52 Å². The van der Waals surface area contributed by atoms with Crippen LogP contribution in [0.25, 0.3) is 0 Å². The van der Waals surface area contributed by atoms with Crippen molar-refractivity contribution in [1.29, 1.82) is 0 Å². The molecule has 0 fully saturated rings. The molecular formula is C8H16O2P+. The fourth-order valence-electron chi connectivity index (χ4n) is 0.639. The topological polar surface area (TPSA) is 26.3 Å². The first-order valence-electron chi connectivity index (χ1n) is 3.82. The quantitative estimate of drug-likeness (QED) is 0.474. The average molecular weight is 175 g/mol. The van der Waals surface area contributed by atoms with E-state index in [0.29, 0.717) is 0 Å². The molecule has 0 amide bonds. The molecular weight excluding hydrogens is 159 g/mol. The molecule has 0 heterocycles. The van der Waals surface area contributed by atoms with Gasteiger partial charge in [-0.05, 0) is 25.3 Å². The van der Waals surface area contributed by atoms with Gasteiger partial charge in [-0.15, -0.1) is 11.1 Å². The molecule has 0 spiro atoms. The van der Waals surface area contributed by atoms with Gasteiger partial charge in [-0.2, -0.15) is 0 Å². The van der Waals surface area contributed by atoms with Crippen LogP contribution in [-0.4, -0.2) is 11.8 Å². The lowest BCUT2D eigenvalue weighted by Gasteiger charge is -1.97.